The van der Waals surface area contributed by atoms with Crippen LogP contribution in [0.2, 0.25) is 0 Å². The highest BCUT2D eigenvalue weighted by Crippen LogP contribution is 2.39. The molecule has 5 heteroatoms. The second-order valence-electron chi connectivity index (χ2n) is 5.30. The third-order valence-corrected chi connectivity index (χ3v) is 3.59. The molecule has 2 N–H and O–H groups in total. The van der Waals surface area contributed by atoms with Gasteiger partial charge in [0, 0.05) is 11.6 Å². The number of benzene rings is 2. The molecule has 0 spiro atoms. The van der Waals surface area contributed by atoms with Crippen molar-refractivity contribution in [1.82, 2.24) is 0 Å². The molecule has 4 nitrogen and oxygen atoms in total. The molecule has 0 bridgehead atoms. The number of ether oxygens (including phenoxy) is 1. The Morgan fingerprint density at radius 3 is 2.67 bits per heavy atom. The summed E-state index contributed by atoms with van der Waals surface area (Å²) in [4.78, 5) is 12.5. The molecule has 0 heterocycles. The van der Waals surface area contributed by atoms with Crippen LogP contribution >= 0.6 is 0 Å². The normalized spacial score (nSPS) is 11.0. The van der Waals surface area contributed by atoms with E-state index in [4.69, 9.17) is 4.74 Å². The number of phenolic OH excluding ortho intramolecular Hbond substituents is 2. The van der Waals surface area contributed by atoms with E-state index in [0.29, 0.717) is 24.0 Å². The van der Waals surface area contributed by atoms with Gasteiger partial charge in [-0.2, -0.15) is 0 Å². The number of carbonyl (C=O) groups is 1. The minimum absolute atomic E-state index is 0.0218. The fourth-order valence-corrected chi connectivity index (χ4v) is 2.43. The van der Waals surface area contributed by atoms with E-state index in [0.717, 1.165) is 0 Å². The Morgan fingerprint density at radius 1 is 1.29 bits per heavy atom. The maximum atomic E-state index is 13.2. The summed E-state index contributed by atoms with van der Waals surface area (Å²) in [6, 6.07) is 7.11. The molecule has 0 aliphatic rings. The first-order valence-corrected chi connectivity index (χ1v) is 7.57. The van der Waals surface area contributed by atoms with Crippen molar-refractivity contribution in [2.75, 3.05) is 7.11 Å². The zero-order valence-corrected chi connectivity index (χ0v) is 13.5. The molecule has 0 saturated carbocycles. The summed E-state index contributed by atoms with van der Waals surface area (Å²) in [7, 11) is 1.35. The van der Waals surface area contributed by atoms with Crippen LogP contribution in [0.4, 0.5) is 4.39 Å². The molecule has 2 aromatic carbocycles. The third-order valence-electron chi connectivity index (χ3n) is 3.59. The lowest BCUT2D eigenvalue weighted by Gasteiger charge is -2.13. The van der Waals surface area contributed by atoms with Crippen LogP contribution in [-0.2, 0) is 6.42 Å². The number of methoxy groups -OCH3 is 1. The summed E-state index contributed by atoms with van der Waals surface area (Å²) in [6.07, 6.45) is 3.81. The van der Waals surface area contributed by atoms with Gasteiger partial charge in [0.2, 0.25) is 0 Å². The van der Waals surface area contributed by atoms with Crippen molar-refractivity contribution >= 4 is 11.9 Å². The molecule has 2 aromatic rings. The Balaban J connectivity index is 2.42. The molecule has 0 radical (unpaired) electrons. The van der Waals surface area contributed by atoms with Crippen LogP contribution < -0.4 is 4.74 Å². The number of hydrogen-bond donors (Lipinski definition) is 2. The maximum Gasteiger partial charge on any atom is 0.193 e. The van der Waals surface area contributed by atoms with Crippen molar-refractivity contribution < 1.29 is 24.1 Å². The van der Waals surface area contributed by atoms with Gasteiger partial charge in [-0.25, -0.2) is 4.39 Å². The number of aromatic hydroxyl groups is 2. The van der Waals surface area contributed by atoms with Gasteiger partial charge in [-0.05, 0) is 30.2 Å². The van der Waals surface area contributed by atoms with Gasteiger partial charge >= 0.3 is 0 Å². The van der Waals surface area contributed by atoms with Gasteiger partial charge in [-0.15, -0.1) is 0 Å². The second-order valence-corrected chi connectivity index (χ2v) is 5.30. The lowest BCUT2D eigenvalue weighted by Crippen LogP contribution is -2.02. The van der Waals surface area contributed by atoms with E-state index in [9.17, 15) is 19.4 Å². The summed E-state index contributed by atoms with van der Waals surface area (Å²) < 4.78 is 18.3. The number of hydrogen-bond acceptors (Lipinski definition) is 4. The zero-order valence-electron chi connectivity index (χ0n) is 13.5. The van der Waals surface area contributed by atoms with Crippen molar-refractivity contribution in [2.45, 2.75) is 19.8 Å². The van der Waals surface area contributed by atoms with Crippen molar-refractivity contribution in [1.29, 1.82) is 0 Å². The molecule has 0 fully saturated rings. The fourth-order valence-electron chi connectivity index (χ4n) is 2.43. The minimum Gasteiger partial charge on any atom is -0.507 e. The summed E-state index contributed by atoms with van der Waals surface area (Å²) in [6.45, 7) is 1.90. The third kappa shape index (κ3) is 3.74. The highest BCUT2D eigenvalue weighted by atomic mass is 19.1. The molecule has 0 aliphatic heterocycles. The molecule has 0 aromatic heterocycles. The fraction of sp³-hybridized carbons (Fsp3) is 0.211. The van der Waals surface area contributed by atoms with Crippen LogP contribution in [0.1, 0.15) is 34.8 Å². The van der Waals surface area contributed by atoms with Crippen LogP contribution in [0.5, 0.6) is 17.2 Å². The smallest absolute Gasteiger partial charge is 0.193 e. The average Bonchev–Trinajstić information content (AvgIpc) is 2.56. The summed E-state index contributed by atoms with van der Waals surface area (Å²) >= 11 is 0. The van der Waals surface area contributed by atoms with Gasteiger partial charge in [-0.1, -0.05) is 31.6 Å². The predicted octanol–water partition coefficient (Wildman–Crippen LogP) is 4.09. The van der Waals surface area contributed by atoms with Gasteiger partial charge in [0.1, 0.15) is 28.6 Å². The number of halogens is 1. The van der Waals surface area contributed by atoms with E-state index in [1.165, 1.54) is 43.5 Å². The molecule has 126 valence electrons. The Bertz CT molecular complexity index is 781. The van der Waals surface area contributed by atoms with E-state index in [1.807, 2.05) is 6.92 Å². The first kappa shape index (κ1) is 17.5. The van der Waals surface area contributed by atoms with E-state index in [2.05, 4.69) is 0 Å². The highest BCUT2D eigenvalue weighted by molar-refractivity contribution is 6.11. The van der Waals surface area contributed by atoms with Crippen LogP contribution in [0.3, 0.4) is 0 Å². The topological polar surface area (TPSA) is 66.8 Å². The number of phenols is 2. The van der Waals surface area contributed by atoms with Crippen molar-refractivity contribution in [3.8, 4) is 17.2 Å². The lowest BCUT2D eigenvalue weighted by atomic mass is 9.99. The van der Waals surface area contributed by atoms with Gasteiger partial charge in [0.05, 0.1) is 7.11 Å². The summed E-state index contributed by atoms with van der Waals surface area (Å²) in [5, 5.41) is 20.3. The van der Waals surface area contributed by atoms with E-state index in [1.54, 1.807) is 6.07 Å². The number of allylic oxidation sites excluding steroid dienone is 1. The molecular weight excluding hydrogens is 311 g/mol. The monoisotopic (exact) mass is 330 g/mol. The van der Waals surface area contributed by atoms with Crippen molar-refractivity contribution in [3.63, 3.8) is 0 Å². The molecule has 0 atom stereocenters. The molecular formula is C19H19FO4. The number of ketones is 1. The van der Waals surface area contributed by atoms with Crippen LogP contribution in [-0.4, -0.2) is 23.1 Å². The molecule has 0 aliphatic carbocycles. The molecule has 0 unspecified atom stereocenters. The Labute approximate surface area is 139 Å². The number of rotatable bonds is 6. The molecule has 24 heavy (non-hydrogen) atoms. The van der Waals surface area contributed by atoms with Gasteiger partial charge in [-0.3, -0.25) is 4.79 Å². The molecule has 2 rings (SSSR count). The number of carbonyl (C=O) groups excluding carboxylic acids is 1. The van der Waals surface area contributed by atoms with E-state index in [-0.39, 0.29) is 22.8 Å². The van der Waals surface area contributed by atoms with E-state index >= 15 is 0 Å². The Hall–Kier alpha value is -2.82. The largest absolute Gasteiger partial charge is 0.507 e. The standard InChI is InChI=1S/C19H19FO4/c1-3-5-14-16(22)11-17(24-2)18(19(14)23)15(21)9-8-12-6-4-7-13(20)10-12/h4,6-11,22-23H,3,5H2,1-2H3. The van der Waals surface area contributed by atoms with Crippen LogP contribution in [0.15, 0.2) is 36.4 Å². The highest BCUT2D eigenvalue weighted by Gasteiger charge is 2.21. The quantitative estimate of drug-likeness (QED) is 0.618. The molecule has 0 saturated heterocycles. The van der Waals surface area contributed by atoms with Gasteiger partial charge in [0.15, 0.2) is 5.78 Å². The summed E-state index contributed by atoms with van der Waals surface area (Å²) in [5.41, 5.74) is 0.807. The first-order chi connectivity index (χ1) is 11.5. The lowest BCUT2D eigenvalue weighted by molar-refractivity contribution is 0.104. The first-order valence-electron chi connectivity index (χ1n) is 7.57. The summed E-state index contributed by atoms with van der Waals surface area (Å²) in [5.74, 6) is -1.22. The van der Waals surface area contributed by atoms with E-state index < -0.39 is 11.6 Å². The SMILES string of the molecule is CCCc1c(O)cc(OC)c(C(=O)C=Cc2cccc(F)c2)c1O. The van der Waals surface area contributed by atoms with Crippen molar-refractivity contribution in [3.05, 3.63) is 58.9 Å². The maximum absolute atomic E-state index is 13.2. The second kappa shape index (κ2) is 7.64. The van der Waals surface area contributed by atoms with Crippen molar-refractivity contribution in [2.24, 2.45) is 0 Å². The van der Waals surface area contributed by atoms with Crippen LogP contribution in [0, 0.1) is 5.82 Å². The average molecular weight is 330 g/mol. The predicted molar refractivity (Wildman–Crippen MR) is 90.1 cm³/mol. The Morgan fingerprint density at radius 2 is 2.04 bits per heavy atom. The van der Waals surface area contributed by atoms with Gasteiger partial charge in [0.25, 0.3) is 0 Å². The van der Waals surface area contributed by atoms with Gasteiger partial charge < -0.3 is 14.9 Å². The Kier molecular flexibility index (Phi) is 5.58. The minimum atomic E-state index is -0.494. The molecule has 0 amide bonds. The van der Waals surface area contributed by atoms with Crippen LogP contribution in [0.25, 0.3) is 6.08 Å². The zero-order chi connectivity index (χ0) is 17.7.